The summed E-state index contributed by atoms with van der Waals surface area (Å²) < 4.78 is 33.2. The molecule has 0 atom stereocenters. The zero-order chi connectivity index (χ0) is 16.0. The van der Waals surface area contributed by atoms with E-state index in [9.17, 15) is 8.42 Å². The first-order chi connectivity index (χ1) is 11.1. The minimum Gasteiger partial charge on any atom is -0.489 e. The van der Waals surface area contributed by atoms with Crippen LogP contribution in [0.5, 0.6) is 5.75 Å². The number of anilines is 2. The van der Waals surface area contributed by atoms with Gasteiger partial charge in [-0.05, 0) is 30.3 Å². The van der Waals surface area contributed by atoms with E-state index in [4.69, 9.17) is 16.3 Å². The average molecular weight is 351 g/mol. The van der Waals surface area contributed by atoms with E-state index in [-0.39, 0.29) is 4.90 Å². The van der Waals surface area contributed by atoms with Crippen molar-refractivity contribution in [3.05, 3.63) is 47.5 Å². The third-order valence-electron chi connectivity index (χ3n) is 4.14. The summed E-state index contributed by atoms with van der Waals surface area (Å²) in [4.78, 5) is 2.38. The second-order valence-electron chi connectivity index (χ2n) is 5.49. The fourth-order valence-electron chi connectivity index (χ4n) is 3.08. The maximum Gasteiger partial charge on any atom is 0.264 e. The van der Waals surface area contributed by atoms with Crippen LogP contribution in [0.4, 0.5) is 11.4 Å². The summed E-state index contributed by atoms with van der Waals surface area (Å²) in [5.41, 5.74) is 1.52. The van der Waals surface area contributed by atoms with E-state index in [0.717, 1.165) is 18.0 Å². The van der Waals surface area contributed by atoms with Gasteiger partial charge in [-0.25, -0.2) is 8.42 Å². The maximum absolute atomic E-state index is 13.0. The number of hydrogen-bond donors (Lipinski definition) is 0. The molecule has 0 amide bonds. The second-order valence-corrected chi connectivity index (χ2v) is 7.79. The number of sulfonamides is 1. The summed E-state index contributed by atoms with van der Waals surface area (Å²) in [6.07, 6.45) is 0. The van der Waals surface area contributed by atoms with Gasteiger partial charge in [0.1, 0.15) is 18.0 Å². The molecule has 7 heteroatoms. The normalized spacial score (nSPS) is 16.7. The molecular formula is C16H15ClN2O3S. The third-order valence-corrected chi connectivity index (χ3v) is 6.18. The Balaban J connectivity index is 1.85. The lowest BCUT2D eigenvalue weighted by atomic mass is 10.1. The lowest BCUT2D eigenvalue weighted by Gasteiger charge is -2.41. The Bertz CT molecular complexity index is 869. The van der Waals surface area contributed by atoms with E-state index in [2.05, 4.69) is 4.90 Å². The molecule has 2 aromatic rings. The third kappa shape index (κ3) is 2.33. The molecular weight excluding hydrogens is 336 g/mol. The monoisotopic (exact) mass is 350 g/mol. The first-order valence-corrected chi connectivity index (χ1v) is 9.18. The van der Waals surface area contributed by atoms with E-state index >= 15 is 0 Å². The summed E-state index contributed by atoms with van der Waals surface area (Å²) in [6.45, 7) is 2.45. The highest BCUT2D eigenvalue weighted by Gasteiger charge is 2.35. The van der Waals surface area contributed by atoms with Gasteiger partial charge in [-0.3, -0.25) is 4.31 Å². The fourth-order valence-corrected chi connectivity index (χ4v) is 4.85. The minimum atomic E-state index is -3.66. The molecule has 0 aliphatic carbocycles. The Kier molecular flexibility index (Phi) is 3.39. The van der Waals surface area contributed by atoms with Crippen LogP contribution in [-0.2, 0) is 10.0 Å². The van der Waals surface area contributed by atoms with Gasteiger partial charge in [0.15, 0.2) is 0 Å². The summed E-state index contributed by atoms with van der Waals surface area (Å²) in [6, 6.07) is 11.9. The predicted octanol–water partition coefficient (Wildman–Crippen LogP) is 2.75. The van der Waals surface area contributed by atoms with Gasteiger partial charge in [0, 0.05) is 11.6 Å². The number of para-hydroxylation sites is 1. The van der Waals surface area contributed by atoms with E-state index in [1.807, 2.05) is 18.2 Å². The van der Waals surface area contributed by atoms with Crippen LogP contribution in [0.1, 0.15) is 0 Å². The molecule has 120 valence electrons. The van der Waals surface area contributed by atoms with Gasteiger partial charge >= 0.3 is 0 Å². The van der Waals surface area contributed by atoms with Gasteiger partial charge in [-0.1, -0.05) is 23.7 Å². The Morgan fingerprint density at radius 1 is 1.04 bits per heavy atom. The number of nitrogens with zero attached hydrogens (tertiary/aromatic N) is 2. The fraction of sp³-hybridized carbons (Fsp3) is 0.250. The van der Waals surface area contributed by atoms with Gasteiger partial charge < -0.3 is 9.64 Å². The van der Waals surface area contributed by atoms with Crippen LogP contribution in [0.25, 0.3) is 0 Å². The highest BCUT2D eigenvalue weighted by molar-refractivity contribution is 7.92. The number of rotatable bonds is 2. The smallest absolute Gasteiger partial charge is 0.264 e. The summed E-state index contributed by atoms with van der Waals surface area (Å²) in [5.74, 6) is 0.736. The van der Waals surface area contributed by atoms with Crippen LogP contribution < -0.4 is 13.9 Å². The lowest BCUT2D eigenvalue weighted by Crippen LogP contribution is -2.46. The van der Waals surface area contributed by atoms with Crippen molar-refractivity contribution in [2.24, 2.45) is 0 Å². The van der Waals surface area contributed by atoms with Gasteiger partial charge in [0.25, 0.3) is 10.0 Å². The molecule has 0 N–H and O–H groups in total. The molecule has 2 aromatic carbocycles. The SMILES string of the molecule is O=S(=O)(c1cccc(Cl)c1)N1CCN2CCOc3cccc1c32. The Morgan fingerprint density at radius 3 is 2.70 bits per heavy atom. The van der Waals surface area contributed by atoms with Crippen molar-refractivity contribution in [1.82, 2.24) is 0 Å². The van der Waals surface area contributed by atoms with Crippen molar-refractivity contribution in [3.63, 3.8) is 0 Å². The van der Waals surface area contributed by atoms with E-state index < -0.39 is 10.0 Å². The van der Waals surface area contributed by atoms with Crippen molar-refractivity contribution < 1.29 is 13.2 Å². The summed E-state index contributed by atoms with van der Waals surface area (Å²) in [5, 5.41) is 0.406. The molecule has 5 nitrogen and oxygen atoms in total. The van der Waals surface area contributed by atoms with E-state index in [1.165, 1.54) is 10.4 Å². The Labute approximate surface area is 140 Å². The van der Waals surface area contributed by atoms with Gasteiger partial charge in [-0.15, -0.1) is 0 Å². The number of hydrogen-bond acceptors (Lipinski definition) is 4. The second kappa shape index (κ2) is 5.32. The van der Waals surface area contributed by atoms with Crippen LogP contribution in [0.15, 0.2) is 47.4 Å². The topological polar surface area (TPSA) is 49.9 Å². The average Bonchev–Trinajstić information content (AvgIpc) is 2.55. The quantitative estimate of drug-likeness (QED) is 0.835. The molecule has 23 heavy (non-hydrogen) atoms. The molecule has 0 bridgehead atoms. The van der Waals surface area contributed by atoms with Crippen molar-refractivity contribution in [3.8, 4) is 5.75 Å². The standard InChI is InChI=1S/C16H15ClN2O3S/c17-12-3-1-4-13(11-12)23(20,21)19-8-7-18-9-10-22-15-6-2-5-14(19)16(15)18/h1-6,11H,7-10H2. The highest BCUT2D eigenvalue weighted by atomic mass is 35.5. The van der Waals surface area contributed by atoms with E-state index in [0.29, 0.717) is 30.4 Å². The Hall–Kier alpha value is -1.92. The minimum absolute atomic E-state index is 0.202. The van der Waals surface area contributed by atoms with Crippen LogP contribution in [0.2, 0.25) is 5.02 Å². The molecule has 0 saturated carbocycles. The molecule has 0 aromatic heterocycles. The number of halogens is 1. The van der Waals surface area contributed by atoms with Crippen molar-refractivity contribution in [2.45, 2.75) is 4.90 Å². The van der Waals surface area contributed by atoms with Gasteiger partial charge in [0.05, 0.1) is 23.7 Å². The molecule has 4 rings (SSSR count). The zero-order valence-electron chi connectivity index (χ0n) is 12.3. The number of benzene rings is 2. The number of ether oxygens (including phenoxy) is 1. The Morgan fingerprint density at radius 2 is 1.87 bits per heavy atom. The molecule has 0 fully saturated rings. The molecule has 2 aliphatic heterocycles. The maximum atomic E-state index is 13.0. The summed E-state index contributed by atoms with van der Waals surface area (Å²) >= 11 is 5.96. The molecule has 0 spiro atoms. The highest BCUT2D eigenvalue weighted by Crippen LogP contribution is 2.44. The molecule has 2 aliphatic rings. The van der Waals surface area contributed by atoms with Crippen LogP contribution >= 0.6 is 11.6 Å². The predicted molar refractivity (Wildman–Crippen MR) is 90.1 cm³/mol. The van der Waals surface area contributed by atoms with Crippen LogP contribution in [-0.4, -0.2) is 34.7 Å². The van der Waals surface area contributed by atoms with Crippen LogP contribution in [0.3, 0.4) is 0 Å². The first kappa shape index (κ1) is 14.7. The molecule has 0 unspecified atom stereocenters. The molecule has 2 heterocycles. The lowest BCUT2D eigenvalue weighted by molar-refractivity contribution is 0.307. The van der Waals surface area contributed by atoms with Crippen molar-refractivity contribution >= 4 is 33.0 Å². The zero-order valence-corrected chi connectivity index (χ0v) is 13.8. The summed E-state index contributed by atoms with van der Waals surface area (Å²) in [7, 11) is -3.66. The van der Waals surface area contributed by atoms with Crippen molar-refractivity contribution in [2.75, 3.05) is 35.4 Å². The van der Waals surface area contributed by atoms with Gasteiger partial charge in [-0.2, -0.15) is 0 Å². The van der Waals surface area contributed by atoms with Crippen molar-refractivity contribution in [1.29, 1.82) is 0 Å². The van der Waals surface area contributed by atoms with Crippen LogP contribution in [0, 0.1) is 0 Å². The van der Waals surface area contributed by atoms with Gasteiger partial charge in [0.2, 0.25) is 0 Å². The molecule has 0 radical (unpaired) electrons. The van der Waals surface area contributed by atoms with E-state index in [1.54, 1.807) is 18.2 Å². The molecule has 0 saturated heterocycles. The largest absolute Gasteiger partial charge is 0.489 e. The first-order valence-electron chi connectivity index (χ1n) is 7.36.